The lowest BCUT2D eigenvalue weighted by Crippen LogP contribution is -2.28. The molecule has 20 heavy (non-hydrogen) atoms. The van der Waals surface area contributed by atoms with Crippen molar-refractivity contribution in [2.45, 2.75) is 6.54 Å². The Bertz CT molecular complexity index is 629. The summed E-state index contributed by atoms with van der Waals surface area (Å²) in [6.07, 6.45) is 0. The summed E-state index contributed by atoms with van der Waals surface area (Å²) in [5.41, 5.74) is 0.318. The lowest BCUT2D eigenvalue weighted by Gasteiger charge is -2.09. The summed E-state index contributed by atoms with van der Waals surface area (Å²) in [5.74, 6) is -1.08. The molecule has 1 aromatic carbocycles. The highest BCUT2D eigenvalue weighted by Gasteiger charge is 2.10. The van der Waals surface area contributed by atoms with Crippen molar-refractivity contribution < 1.29 is 14.7 Å². The molecule has 0 aliphatic heterocycles. The van der Waals surface area contributed by atoms with Gasteiger partial charge >= 0.3 is 12.0 Å². The Balaban J connectivity index is 2.00. The van der Waals surface area contributed by atoms with Gasteiger partial charge < -0.3 is 15.7 Å². The van der Waals surface area contributed by atoms with Crippen molar-refractivity contribution in [3.63, 3.8) is 0 Å². The zero-order valence-corrected chi connectivity index (χ0v) is 11.8. The van der Waals surface area contributed by atoms with Gasteiger partial charge in [-0.25, -0.2) is 9.59 Å². The summed E-state index contributed by atoms with van der Waals surface area (Å²) in [5, 5.41) is 16.3. The van der Waals surface area contributed by atoms with Gasteiger partial charge in [0.2, 0.25) is 0 Å². The summed E-state index contributed by atoms with van der Waals surface area (Å²) in [6.45, 7) is 0.403. The Kier molecular flexibility index (Phi) is 4.60. The molecule has 0 saturated carbocycles. The number of amides is 2. The number of carbonyl (C=O) groups excluding carboxylic acids is 1. The van der Waals surface area contributed by atoms with E-state index in [-0.39, 0.29) is 16.3 Å². The minimum atomic E-state index is -1.08. The van der Waals surface area contributed by atoms with E-state index >= 15 is 0 Å². The first kappa shape index (κ1) is 14.4. The molecule has 0 bridgehead atoms. The minimum Gasteiger partial charge on any atom is -0.478 e. The first-order valence-corrected chi connectivity index (χ1v) is 6.92. The number of carboxylic acid groups (broad SMARTS) is 1. The molecule has 2 aromatic rings. The minimum absolute atomic E-state index is 0.0583. The molecular weight excluding hydrogens is 300 g/mol. The lowest BCUT2D eigenvalue weighted by molar-refractivity contribution is 0.0697. The molecule has 0 radical (unpaired) electrons. The van der Waals surface area contributed by atoms with Crippen LogP contribution in [0.1, 0.15) is 15.2 Å². The fourth-order valence-electron chi connectivity index (χ4n) is 1.50. The van der Waals surface area contributed by atoms with Crippen LogP contribution in [0.3, 0.4) is 0 Å². The number of anilines is 1. The van der Waals surface area contributed by atoms with Crippen LogP contribution in [0.2, 0.25) is 5.02 Å². The topological polar surface area (TPSA) is 78.4 Å². The second kappa shape index (κ2) is 6.40. The standard InChI is InChI=1S/C13H11ClN2O3S/c14-10-4-3-8(12(17)18)6-11(10)16-13(19)15-7-9-2-1-5-20-9/h1-6H,7H2,(H,17,18)(H2,15,16,19). The van der Waals surface area contributed by atoms with Gasteiger partial charge in [-0.1, -0.05) is 17.7 Å². The summed E-state index contributed by atoms with van der Waals surface area (Å²) in [4.78, 5) is 23.6. The van der Waals surface area contributed by atoms with Crippen LogP contribution >= 0.6 is 22.9 Å². The van der Waals surface area contributed by atoms with Crippen molar-refractivity contribution in [2.75, 3.05) is 5.32 Å². The molecular formula is C13H11ClN2O3S. The maximum atomic E-state index is 11.7. The number of hydrogen-bond donors (Lipinski definition) is 3. The molecule has 0 aliphatic carbocycles. The van der Waals surface area contributed by atoms with Gasteiger partial charge in [-0.3, -0.25) is 0 Å². The average Bonchev–Trinajstić information content (AvgIpc) is 2.92. The molecule has 0 atom stereocenters. The zero-order chi connectivity index (χ0) is 14.5. The molecule has 104 valence electrons. The van der Waals surface area contributed by atoms with Gasteiger partial charge in [-0.05, 0) is 29.6 Å². The van der Waals surface area contributed by atoms with Crippen molar-refractivity contribution in [2.24, 2.45) is 0 Å². The first-order chi connectivity index (χ1) is 9.56. The van der Waals surface area contributed by atoms with Crippen LogP contribution in [0, 0.1) is 0 Å². The number of aromatic carboxylic acids is 1. The number of rotatable bonds is 4. The van der Waals surface area contributed by atoms with Gasteiger partial charge in [0.05, 0.1) is 22.8 Å². The summed E-state index contributed by atoms with van der Waals surface area (Å²) in [6, 6.07) is 7.48. The van der Waals surface area contributed by atoms with Crippen LogP contribution in [-0.4, -0.2) is 17.1 Å². The van der Waals surface area contributed by atoms with E-state index in [1.807, 2.05) is 17.5 Å². The predicted molar refractivity (Wildman–Crippen MR) is 78.6 cm³/mol. The van der Waals surface area contributed by atoms with E-state index in [9.17, 15) is 9.59 Å². The van der Waals surface area contributed by atoms with Crippen molar-refractivity contribution in [1.82, 2.24) is 5.32 Å². The molecule has 5 nitrogen and oxygen atoms in total. The SMILES string of the molecule is O=C(NCc1cccs1)Nc1cc(C(=O)O)ccc1Cl. The third-order valence-electron chi connectivity index (χ3n) is 2.46. The molecule has 1 heterocycles. The third-order valence-corrected chi connectivity index (χ3v) is 3.67. The maximum absolute atomic E-state index is 11.7. The molecule has 2 amide bonds. The van der Waals surface area contributed by atoms with Crippen LogP contribution < -0.4 is 10.6 Å². The Morgan fingerprint density at radius 2 is 2.10 bits per heavy atom. The number of benzene rings is 1. The quantitative estimate of drug-likeness (QED) is 0.809. The van der Waals surface area contributed by atoms with E-state index in [2.05, 4.69) is 10.6 Å². The van der Waals surface area contributed by atoms with E-state index in [1.165, 1.54) is 29.5 Å². The molecule has 0 fully saturated rings. The molecule has 0 saturated heterocycles. The molecule has 0 aliphatic rings. The second-order valence-electron chi connectivity index (χ2n) is 3.89. The number of nitrogens with one attached hydrogen (secondary N) is 2. The highest BCUT2D eigenvalue weighted by atomic mass is 35.5. The molecule has 0 unspecified atom stereocenters. The van der Waals surface area contributed by atoms with Crippen LogP contribution in [-0.2, 0) is 6.54 Å². The summed E-state index contributed by atoms with van der Waals surface area (Å²) in [7, 11) is 0. The van der Waals surface area contributed by atoms with Gasteiger partial charge in [0.25, 0.3) is 0 Å². The van der Waals surface area contributed by atoms with Gasteiger partial charge in [0.1, 0.15) is 0 Å². The number of halogens is 1. The van der Waals surface area contributed by atoms with Gasteiger partial charge in [0, 0.05) is 4.88 Å². The largest absolute Gasteiger partial charge is 0.478 e. The Labute approximate surface area is 124 Å². The third kappa shape index (κ3) is 3.72. The molecule has 1 aromatic heterocycles. The van der Waals surface area contributed by atoms with Crippen LogP contribution in [0.25, 0.3) is 0 Å². The van der Waals surface area contributed by atoms with Crippen LogP contribution in [0.5, 0.6) is 0 Å². The fraction of sp³-hybridized carbons (Fsp3) is 0.0769. The Hall–Kier alpha value is -2.05. The van der Waals surface area contributed by atoms with E-state index in [0.717, 1.165) is 4.88 Å². The Morgan fingerprint density at radius 1 is 1.30 bits per heavy atom. The fourth-order valence-corrected chi connectivity index (χ4v) is 2.31. The van der Waals surface area contributed by atoms with E-state index in [0.29, 0.717) is 6.54 Å². The van der Waals surface area contributed by atoms with E-state index < -0.39 is 12.0 Å². The predicted octanol–water partition coefficient (Wildman–Crippen LogP) is 3.42. The second-order valence-corrected chi connectivity index (χ2v) is 5.33. The van der Waals surface area contributed by atoms with Crippen molar-refractivity contribution in [3.8, 4) is 0 Å². The van der Waals surface area contributed by atoms with E-state index in [4.69, 9.17) is 16.7 Å². The average molecular weight is 311 g/mol. The summed E-state index contributed by atoms with van der Waals surface area (Å²) >= 11 is 7.45. The first-order valence-electron chi connectivity index (χ1n) is 5.66. The molecule has 7 heteroatoms. The zero-order valence-electron chi connectivity index (χ0n) is 10.2. The normalized spacial score (nSPS) is 10.1. The van der Waals surface area contributed by atoms with Crippen molar-refractivity contribution in [1.29, 1.82) is 0 Å². The van der Waals surface area contributed by atoms with Crippen LogP contribution in [0.4, 0.5) is 10.5 Å². The number of carboxylic acids is 1. The van der Waals surface area contributed by atoms with Crippen molar-refractivity contribution >= 4 is 40.6 Å². The molecule has 3 N–H and O–H groups in total. The smallest absolute Gasteiger partial charge is 0.335 e. The van der Waals surface area contributed by atoms with Gasteiger partial charge in [-0.15, -0.1) is 11.3 Å². The number of carbonyl (C=O) groups is 2. The van der Waals surface area contributed by atoms with Crippen LogP contribution in [0.15, 0.2) is 35.7 Å². The van der Waals surface area contributed by atoms with Crippen molar-refractivity contribution in [3.05, 3.63) is 51.2 Å². The highest BCUT2D eigenvalue weighted by Crippen LogP contribution is 2.23. The number of hydrogen-bond acceptors (Lipinski definition) is 3. The molecule has 2 rings (SSSR count). The van der Waals surface area contributed by atoms with E-state index in [1.54, 1.807) is 0 Å². The maximum Gasteiger partial charge on any atom is 0.335 e. The number of urea groups is 1. The number of thiophene rings is 1. The lowest BCUT2D eigenvalue weighted by atomic mass is 10.2. The summed E-state index contributed by atoms with van der Waals surface area (Å²) < 4.78 is 0. The molecule has 0 spiro atoms. The highest BCUT2D eigenvalue weighted by molar-refractivity contribution is 7.09. The Morgan fingerprint density at radius 3 is 2.75 bits per heavy atom. The monoisotopic (exact) mass is 310 g/mol. The van der Waals surface area contributed by atoms with Gasteiger partial charge in [-0.2, -0.15) is 0 Å². The van der Waals surface area contributed by atoms with Gasteiger partial charge in [0.15, 0.2) is 0 Å².